The first-order valence-corrected chi connectivity index (χ1v) is 6.71. The number of nitrogens with one attached hydrogen (secondary N) is 1. The molecule has 4 heteroatoms. The zero-order chi connectivity index (χ0) is 13.0. The highest BCUT2D eigenvalue weighted by molar-refractivity contribution is 6.30. The first-order valence-electron chi connectivity index (χ1n) is 6.33. The highest BCUT2D eigenvalue weighted by Crippen LogP contribution is 2.30. The minimum Gasteiger partial charge on any atom is -0.488 e. The highest BCUT2D eigenvalue weighted by atomic mass is 35.5. The molecular formula is C14H20ClNO2. The number of benzene rings is 1. The van der Waals surface area contributed by atoms with Crippen LogP contribution in [0.25, 0.3) is 0 Å². The lowest BCUT2D eigenvalue weighted by atomic mass is 10.1. The average Bonchev–Trinajstić information content (AvgIpc) is 2.71. The lowest BCUT2D eigenvalue weighted by Gasteiger charge is -2.15. The molecule has 3 nitrogen and oxygen atoms in total. The van der Waals surface area contributed by atoms with E-state index in [2.05, 4.69) is 12.2 Å². The number of fused-ring (bicyclic) bond motifs is 1. The van der Waals surface area contributed by atoms with Crippen molar-refractivity contribution in [1.82, 2.24) is 5.32 Å². The lowest BCUT2D eigenvalue weighted by Crippen LogP contribution is -2.33. The number of methoxy groups -OCH3 is 1. The fourth-order valence-corrected chi connectivity index (χ4v) is 2.43. The van der Waals surface area contributed by atoms with Crippen LogP contribution in [0, 0.1) is 5.92 Å². The van der Waals surface area contributed by atoms with Gasteiger partial charge in [-0.1, -0.05) is 18.5 Å². The van der Waals surface area contributed by atoms with E-state index in [1.807, 2.05) is 18.2 Å². The van der Waals surface area contributed by atoms with E-state index in [0.29, 0.717) is 5.92 Å². The minimum absolute atomic E-state index is 0.216. The monoisotopic (exact) mass is 269 g/mol. The summed E-state index contributed by atoms with van der Waals surface area (Å²) >= 11 is 5.97. The largest absolute Gasteiger partial charge is 0.488 e. The Bertz CT molecular complexity index is 397. The van der Waals surface area contributed by atoms with Gasteiger partial charge in [-0.15, -0.1) is 0 Å². The van der Waals surface area contributed by atoms with E-state index in [4.69, 9.17) is 21.1 Å². The Balaban J connectivity index is 1.74. The third kappa shape index (κ3) is 3.61. The molecule has 1 heterocycles. The molecule has 0 spiro atoms. The van der Waals surface area contributed by atoms with Crippen molar-refractivity contribution in [2.24, 2.45) is 5.92 Å². The molecule has 1 aromatic rings. The summed E-state index contributed by atoms with van der Waals surface area (Å²) in [6.45, 7) is 4.76. The van der Waals surface area contributed by atoms with Crippen molar-refractivity contribution in [3.63, 3.8) is 0 Å². The maximum absolute atomic E-state index is 5.97. The van der Waals surface area contributed by atoms with Gasteiger partial charge < -0.3 is 14.8 Å². The Morgan fingerprint density at radius 2 is 2.39 bits per heavy atom. The third-order valence-corrected chi connectivity index (χ3v) is 3.31. The molecule has 1 aliphatic rings. The molecule has 0 radical (unpaired) electrons. The molecule has 2 atom stereocenters. The normalized spacial score (nSPS) is 19.4. The summed E-state index contributed by atoms with van der Waals surface area (Å²) in [5.74, 6) is 1.49. The number of rotatable bonds is 6. The Morgan fingerprint density at radius 3 is 3.17 bits per heavy atom. The van der Waals surface area contributed by atoms with Crippen molar-refractivity contribution in [2.45, 2.75) is 19.4 Å². The Labute approximate surface area is 113 Å². The standard InChI is InChI=1S/C14H20ClNO2/c1-10(9-17-2)7-16-8-13-6-11-5-12(15)3-4-14(11)18-13/h3-5,10,13,16H,6-9H2,1-2H3. The number of hydrogen-bond acceptors (Lipinski definition) is 3. The maximum atomic E-state index is 5.97. The molecule has 0 fully saturated rings. The molecule has 0 saturated heterocycles. The van der Waals surface area contributed by atoms with E-state index in [0.717, 1.165) is 36.9 Å². The number of halogens is 1. The molecule has 1 aliphatic heterocycles. The fraction of sp³-hybridized carbons (Fsp3) is 0.571. The molecule has 18 heavy (non-hydrogen) atoms. The van der Waals surface area contributed by atoms with Crippen LogP contribution in [0.3, 0.4) is 0 Å². The van der Waals surface area contributed by atoms with E-state index >= 15 is 0 Å². The van der Waals surface area contributed by atoms with Gasteiger partial charge in [0.05, 0.1) is 0 Å². The van der Waals surface area contributed by atoms with Crippen molar-refractivity contribution in [1.29, 1.82) is 0 Å². The summed E-state index contributed by atoms with van der Waals surface area (Å²) in [4.78, 5) is 0. The van der Waals surface area contributed by atoms with Crippen LogP contribution in [0.1, 0.15) is 12.5 Å². The van der Waals surface area contributed by atoms with Gasteiger partial charge in [-0.3, -0.25) is 0 Å². The van der Waals surface area contributed by atoms with Crippen molar-refractivity contribution in [2.75, 3.05) is 26.8 Å². The van der Waals surface area contributed by atoms with Crippen LogP contribution < -0.4 is 10.1 Å². The van der Waals surface area contributed by atoms with Crippen molar-refractivity contribution < 1.29 is 9.47 Å². The van der Waals surface area contributed by atoms with Crippen LogP contribution in [0.2, 0.25) is 5.02 Å². The van der Waals surface area contributed by atoms with Crippen LogP contribution in [-0.2, 0) is 11.2 Å². The first kappa shape index (κ1) is 13.7. The Kier molecular flexibility index (Phi) is 4.87. The van der Waals surface area contributed by atoms with Gasteiger partial charge in [-0.25, -0.2) is 0 Å². The topological polar surface area (TPSA) is 30.5 Å². The van der Waals surface area contributed by atoms with Crippen LogP contribution >= 0.6 is 11.6 Å². The third-order valence-electron chi connectivity index (χ3n) is 3.08. The summed E-state index contributed by atoms with van der Waals surface area (Å²) in [5, 5.41) is 4.20. The zero-order valence-corrected chi connectivity index (χ0v) is 11.7. The molecule has 100 valence electrons. The van der Waals surface area contributed by atoms with Gasteiger partial charge in [-0.05, 0) is 29.7 Å². The zero-order valence-electron chi connectivity index (χ0n) is 10.9. The second-order valence-electron chi connectivity index (χ2n) is 4.91. The molecule has 2 unspecified atom stereocenters. The van der Waals surface area contributed by atoms with Gasteiger partial charge in [0.25, 0.3) is 0 Å². The highest BCUT2D eigenvalue weighted by Gasteiger charge is 2.22. The summed E-state index contributed by atoms with van der Waals surface area (Å²) in [6.07, 6.45) is 1.15. The maximum Gasteiger partial charge on any atom is 0.123 e. The fourth-order valence-electron chi connectivity index (χ4n) is 2.24. The van der Waals surface area contributed by atoms with Crippen LogP contribution in [0.5, 0.6) is 5.75 Å². The predicted molar refractivity (Wildman–Crippen MR) is 73.5 cm³/mol. The van der Waals surface area contributed by atoms with E-state index in [1.165, 1.54) is 5.56 Å². The molecule has 0 amide bonds. The van der Waals surface area contributed by atoms with Crippen LogP contribution in [-0.4, -0.2) is 32.9 Å². The summed E-state index contributed by atoms with van der Waals surface area (Å²) < 4.78 is 11.0. The summed E-state index contributed by atoms with van der Waals surface area (Å²) in [6, 6.07) is 5.81. The van der Waals surface area contributed by atoms with E-state index in [1.54, 1.807) is 7.11 Å². The molecular weight excluding hydrogens is 250 g/mol. The van der Waals surface area contributed by atoms with Gasteiger partial charge >= 0.3 is 0 Å². The SMILES string of the molecule is COCC(C)CNCC1Cc2cc(Cl)ccc2O1. The van der Waals surface area contributed by atoms with Gasteiger partial charge in [0.2, 0.25) is 0 Å². The summed E-state index contributed by atoms with van der Waals surface area (Å²) in [7, 11) is 1.73. The molecule has 0 aliphatic carbocycles. The molecule has 0 saturated carbocycles. The predicted octanol–water partition coefficient (Wildman–Crippen LogP) is 2.52. The number of ether oxygens (including phenoxy) is 2. The summed E-state index contributed by atoms with van der Waals surface area (Å²) in [5.41, 5.74) is 1.21. The van der Waals surface area contributed by atoms with Crippen molar-refractivity contribution >= 4 is 11.6 Å². The molecule has 1 N–H and O–H groups in total. The van der Waals surface area contributed by atoms with E-state index < -0.39 is 0 Å². The van der Waals surface area contributed by atoms with Gasteiger partial charge in [-0.2, -0.15) is 0 Å². The van der Waals surface area contributed by atoms with Crippen molar-refractivity contribution in [3.05, 3.63) is 28.8 Å². The van der Waals surface area contributed by atoms with E-state index in [-0.39, 0.29) is 6.10 Å². The second-order valence-corrected chi connectivity index (χ2v) is 5.35. The Morgan fingerprint density at radius 1 is 1.56 bits per heavy atom. The smallest absolute Gasteiger partial charge is 0.123 e. The molecule has 2 rings (SSSR count). The average molecular weight is 270 g/mol. The van der Waals surface area contributed by atoms with Gasteiger partial charge in [0.15, 0.2) is 0 Å². The van der Waals surface area contributed by atoms with Gasteiger partial charge in [0, 0.05) is 38.2 Å². The Hall–Kier alpha value is -0.770. The quantitative estimate of drug-likeness (QED) is 0.861. The van der Waals surface area contributed by atoms with Crippen molar-refractivity contribution in [3.8, 4) is 5.75 Å². The van der Waals surface area contributed by atoms with Crippen LogP contribution in [0.15, 0.2) is 18.2 Å². The molecule has 1 aromatic carbocycles. The lowest BCUT2D eigenvalue weighted by molar-refractivity contribution is 0.155. The number of hydrogen-bond donors (Lipinski definition) is 1. The van der Waals surface area contributed by atoms with E-state index in [9.17, 15) is 0 Å². The first-order chi connectivity index (χ1) is 8.69. The molecule has 0 aromatic heterocycles. The molecule has 0 bridgehead atoms. The van der Waals surface area contributed by atoms with Crippen LogP contribution in [0.4, 0.5) is 0 Å². The minimum atomic E-state index is 0.216. The second kappa shape index (κ2) is 6.41. The van der Waals surface area contributed by atoms with Gasteiger partial charge in [0.1, 0.15) is 11.9 Å².